The molecular formula is C17H12F3NO4. The molecule has 2 aromatic rings. The maximum Gasteiger partial charge on any atom is 0.573 e. The van der Waals surface area contributed by atoms with Crippen molar-refractivity contribution >= 4 is 17.7 Å². The van der Waals surface area contributed by atoms with Crippen LogP contribution in [0.4, 0.5) is 18.9 Å². The van der Waals surface area contributed by atoms with Gasteiger partial charge in [-0.15, -0.1) is 13.2 Å². The molecule has 0 aliphatic carbocycles. The number of hydrogen-bond acceptors (Lipinski definition) is 4. The normalized spacial score (nSPS) is 13.1. The van der Waals surface area contributed by atoms with Crippen LogP contribution in [-0.4, -0.2) is 19.1 Å². The van der Waals surface area contributed by atoms with Crippen LogP contribution in [0.3, 0.4) is 0 Å². The van der Waals surface area contributed by atoms with Gasteiger partial charge in [-0.25, -0.2) is 0 Å². The number of halogens is 3. The van der Waals surface area contributed by atoms with Crippen LogP contribution >= 0.6 is 0 Å². The van der Waals surface area contributed by atoms with E-state index in [0.29, 0.717) is 17.1 Å². The number of para-hydroxylation sites is 2. The minimum atomic E-state index is -4.84. The summed E-state index contributed by atoms with van der Waals surface area (Å²) in [5.41, 5.74) is 0.597. The van der Waals surface area contributed by atoms with Gasteiger partial charge in [-0.1, -0.05) is 18.2 Å². The number of rotatable bonds is 4. The third-order valence-electron chi connectivity index (χ3n) is 3.19. The Hall–Kier alpha value is -3.16. The van der Waals surface area contributed by atoms with Crippen molar-refractivity contribution in [1.82, 2.24) is 0 Å². The molecule has 1 heterocycles. The Morgan fingerprint density at radius 3 is 2.68 bits per heavy atom. The fourth-order valence-corrected chi connectivity index (χ4v) is 2.15. The highest BCUT2D eigenvalue weighted by Crippen LogP contribution is 2.33. The lowest BCUT2D eigenvalue weighted by Crippen LogP contribution is -2.19. The van der Waals surface area contributed by atoms with Gasteiger partial charge in [0, 0.05) is 6.08 Å². The highest BCUT2D eigenvalue weighted by molar-refractivity contribution is 6.02. The molecular weight excluding hydrogens is 339 g/mol. The van der Waals surface area contributed by atoms with Crippen LogP contribution in [0.2, 0.25) is 0 Å². The summed E-state index contributed by atoms with van der Waals surface area (Å²) in [5.74, 6) is 0.0852. The number of ether oxygens (including phenoxy) is 3. The van der Waals surface area contributed by atoms with Gasteiger partial charge >= 0.3 is 6.36 Å². The monoisotopic (exact) mass is 351 g/mol. The smallest absolute Gasteiger partial charge is 0.454 e. The first-order chi connectivity index (χ1) is 11.9. The van der Waals surface area contributed by atoms with E-state index in [-0.39, 0.29) is 12.5 Å². The van der Waals surface area contributed by atoms with Gasteiger partial charge in [0.25, 0.3) is 0 Å². The first-order valence-electron chi connectivity index (χ1n) is 7.14. The number of benzene rings is 2. The zero-order valence-corrected chi connectivity index (χ0v) is 12.7. The molecule has 0 aromatic heterocycles. The second-order valence-electron chi connectivity index (χ2n) is 4.98. The fourth-order valence-electron chi connectivity index (χ4n) is 2.15. The van der Waals surface area contributed by atoms with Crippen LogP contribution in [0.15, 0.2) is 48.5 Å². The molecule has 3 rings (SSSR count). The van der Waals surface area contributed by atoms with E-state index in [9.17, 15) is 18.0 Å². The molecule has 130 valence electrons. The van der Waals surface area contributed by atoms with Crippen molar-refractivity contribution in [3.8, 4) is 17.2 Å². The third-order valence-corrected chi connectivity index (χ3v) is 3.19. The van der Waals surface area contributed by atoms with E-state index in [2.05, 4.69) is 10.1 Å². The summed E-state index contributed by atoms with van der Waals surface area (Å²) < 4.78 is 51.4. The van der Waals surface area contributed by atoms with Crippen molar-refractivity contribution in [2.75, 3.05) is 12.1 Å². The Morgan fingerprint density at radius 2 is 1.88 bits per heavy atom. The summed E-state index contributed by atoms with van der Waals surface area (Å²) >= 11 is 0. The molecule has 1 aliphatic rings. The quantitative estimate of drug-likeness (QED) is 0.847. The first kappa shape index (κ1) is 16.7. The first-order valence-corrected chi connectivity index (χ1v) is 7.14. The highest BCUT2D eigenvalue weighted by atomic mass is 19.4. The lowest BCUT2D eigenvalue weighted by Gasteiger charge is -2.13. The number of fused-ring (bicyclic) bond motifs is 1. The minimum absolute atomic E-state index is 0.0832. The van der Waals surface area contributed by atoms with Crippen molar-refractivity contribution in [3.63, 3.8) is 0 Å². The van der Waals surface area contributed by atoms with Gasteiger partial charge in [-0.3, -0.25) is 4.79 Å². The minimum Gasteiger partial charge on any atom is -0.454 e. The molecule has 0 radical (unpaired) electrons. The molecule has 0 fully saturated rings. The van der Waals surface area contributed by atoms with Gasteiger partial charge in [0.2, 0.25) is 12.7 Å². The summed E-state index contributed by atoms with van der Waals surface area (Å²) in [6.07, 6.45) is -2.14. The fraction of sp³-hybridized carbons (Fsp3) is 0.118. The van der Waals surface area contributed by atoms with Crippen LogP contribution in [0.5, 0.6) is 17.2 Å². The molecule has 0 unspecified atom stereocenters. The Balaban J connectivity index is 1.69. The largest absolute Gasteiger partial charge is 0.573 e. The van der Waals surface area contributed by atoms with Crippen LogP contribution in [0.1, 0.15) is 5.56 Å². The molecule has 0 spiro atoms. The zero-order chi connectivity index (χ0) is 17.9. The zero-order valence-electron chi connectivity index (χ0n) is 12.7. The molecule has 0 saturated carbocycles. The van der Waals surface area contributed by atoms with Crippen molar-refractivity contribution in [2.45, 2.75) is 6.36 Å². The van der Waals surface area contributed by atoms with E-state index >= 15 is 0 Å². The van der Waals surface area contributed by atoms with E-state index in [1.807, 2.05) is 0 Å². The summed E-state index contributed by atoms with van der Waals surface area (Å²) in [6, 6.07) is 10.4. The second-order valence-corrected chi connectivity index (χ2v) is 4.98. The molecule has 2 aromatic carbocycles. The molecule has 0 saturated heterocycles. The Morgan fingerprint density at radius 1 is 1.12 bits per heavy atom. The van der Waals surface area contributed by atoms with E-state index in [1.165, 1.54) is 30.4 Å². The average molecular weight is 351 g/mol. The molecule has 0 atom stereocenters. The van der Waals surface area contributed by atoms with E-state index in [0.717, 1.165) is 6.07 Å². The third kappa shape index (κ3) is 4.43. The summed E-state index contributed by atoms with van der Waals surface area (Å²) in [4.78, 5) is 11.9. The maximum atomic E-state index is 12.4. The number of nitrogens with one attached hydrogen (secondary N) is 1. The Labute approximate surface area is 140 Å². The average Bonchev–Trinajstić information content (AvgIpc) is 3.01. The summed E-state index contributed by atoms with van der Waals surface area (Å²) in [7, 11) is 0. The molecule has 1 amide bonds. The van der Waals surface area contributed by atoms with Gasteiger partial charge in [-0.2, -0.15) is 0 Å². The number of hydrogen-bond donors (Lipinski definition) is 1. The standard InChI is InChI=1S/C17H12F3NO4/c18-17(19,20)25-13-4-2-1-3-12(13)21-16(22)8-6-11-5-7-14-15(9-11)24-10-23-14/h1-9H,10H2,(H,21,22)/b8-6+. The van der Waals surface area contributed by atoms with E-state index in [4.69, 9.17) is 9.47 Å². The van der Waals surface area contributed by atoms with Gasteiger partial charge in [-0.05, 0) is 35.9 Å². The topological polar surface area (TPSA) is 56.8 Å². The van der Waals surface area contributed by atoms with Crippen molar-refractivity contribution < 1.29 is 32.2 Å². The lowest BCUT2D eigenvalue weighted by atomic mass is 10.2. The van der Waals surface area contributed by atoms with Crippen molar-refractivity contribution in [3.05, 3.63) is 54.1 Å². The summed E-state index contributed by atoms with van der Waals surface area (Å²) in [5, 5.41) is 2.35. The van der Waals surface area contributed by atoms with Crippen LogP contribution < -0.4 is 19.5 Å². The number of anilines is 1. The molecule has 0 bridgehead atoms. The number of amides is 1. The van der Waals surface area contributed by atoms with Crippen molar-refractivity contribution in [1.29, 1.82) is 0 Å². The molecule has 25 heavy (non-hydrogen) atoms. The van der Waals surface area contributed by atoms with Crippen LogP contribution in [0.25, 0.3) is 6.08 Å². The van der Waals surface area contributed by atoms with Crippen LogP contribution in [-0.2, 0) is 4.79 Å². The molecule has 8 heteroatoms. The number of carbonyl (C=O) groups excluding carboxylic acids is 1. The predicted molar refractivity (Wildman–Crippen MR) is 83.4 cm³/mol. The molecule has 1 aliphatic heterocycles. The van der Waals surface area contributed by atoms with Gasteiger partial charge in [0.15, 0.2) is 17.2 Å². The summed E-state index contributed by atoms with van der Waals surface area (Å²) in [6.45, 7) is 0.138. The Kier molecular flexibility index (Phi) is 4.51. The molecule has 1 N–H and O–H groups in total. The Bertz CT molecular complexity index is 818. The van der Waals surface area contributed by atoms with E-state index < -0.39 is 18.0 Å². The van der Waals surface area contributed by atoms with Gasteiger partial charge < -0.3 is 19.5 Å². The van der Waals surface area contributed by atoms with Crippen molar-refractivity contribution in [2.24, 2.45) is 0 Å². The second kappa shape index (κ2) is 6.76. The number of carbonyl (C=O) groups is 1. The number of alkyl halides is 3. The highest BCUT2D eigenvalue weighted by Gasteiger charge is 2.32. The lowest BCUT2D eigenvalue weighted by molar-refractivity contribution is -0.274. The van der Waals surface area contributed by atoms with E-state index in [1.54, 1.807) is 18.2 Å². The maximum absolute atomic E-state index is 12.4. The van der Waals surface area contributed by atoms with Gasteiger partial charge in [0.1, 0.15) is 0 Å². The SMILES string of the molecule is O=C(/C=C/c1ccc2c(c1)OCO2)Nc1ccccc1OC(F)(F)F. The van der Waals surface area contributed by atoms with Crippen LogP contribution in [0, 0.1) is 0 Å². The molecule has 5 nitrogen and oxygen atoms in total. The predicted octanol–water partition coefficient (Wildman–Crippen LogP) is 3.97. The van der Waals surface area contributed by atoms with Gasteiger partial charge in [0.05, 0.1) is 5.69 Å².